The SMILES string of the molecule is CCOc1cc2ncnc(Nc3ccc(C)c(Cl)c3F)c2cc1C1CN(C)C1. The predicted octanol–water partition coefficient (Wildman–Crippen LogP) is 4.90. The van der Waals surface area contributed by atoms with Crippen molar-refractivity contribution < 1.29 is 9.13 Å². The molecule has 2 aromatic carbocycles. The summed E-state index contributed by atoms with van der Waals surface area (Å²) in [7, 11) is 2.10. The molecule has 1 fully saturated rings. The van der Waals surface area contributed by atoms with Crippen molar-refractivity contribution in [2.75, 3.05) is 32.1 Å². The lowest BCUT2D eigenvalue weighted by Gasteiger charge is -2.37. The van der Waals surface area contributed by atoms with E-state index >= 15 is 0 Å². The fourth-order valence-corrected chi connectivity index (χ4v) is 3.73. The number of likely N-dealkylation sites (tertiary alicyclic amines) is 1. The van der Waals surface area contributed by atoms with Gasteiger partial charge in [-0.2, -0.15) is 0 Å². The molecule has 0 saturated carbocycles. The summed E-state index contributed by atoms with van der Waals surface area (Å²) in [6.07, 6.45) is 1.46. The van der Waals surface area contributed by atoms with Crippen molar-refractivity contribution in [3.05, 3.63) is 52.6 Å². The van der Waals surface area contributed by atoms with Crippen LogP contribution in [0.1, 0.15) is 24.0 Å². The minimum absolute atomic E-state index is 0.111. The first-order valence-corrected chi connectivity index (χ1v) is 9.67. The van der Waals surface area contributed by atoms with Gasteiger partial charge in [0.05, 0.1) is 22.8 Å². The lowest BCUT2D eigenvalue weighted by atomic mass is 9.90. The number of hydrogen-bond acceptors (Lipinski definition) is 5. The third-order valence-corrected chi connectivity index (χ3v) is 5.56. The summed E-state index contributed by atoms with van der Waals surface area (Å²) < 4.78 is 20.4. The lowest BCUT2D eigenvalue weighted by molar-refractivity contribution is 0.185. The van der Waals surface area contributed by atoms with Gasteiger partial charge in [-0.3, -0.25) is 0 Å². The fraction of sp³-hybridized carbons (Fsp3) is 0.333. The third kappa shape index (κ3) is 3.38. The van der Waals surface area contributed by atoms with Gasteiger partial charge in [-0.15, -0.1) is 0 Å². The Morgan fingerprint density at radius 1 is 1.29 bits per heavy atom. The Bertz CT molecular complexity index is 1040. The van der Waals surface area contributed by atoms with Crippen molar-refractivity contribution in [2.24, 2.45) is 0 Å². The van der Waals surface area contributed by atoms with Gasteiger partial charge in [-0.1, -0.05) is 17.7 Å². The number of rotatable bonds is 5. The molecule has 1 aromatic heterocycles. The molecule has 0 amide bonds. The number of halogens is 2. The van der Waals surface area contributed by atoms with Crippen molar-refractivity contribution >= 4 is 34.0 Å². The summed E-state index contributed by atoms with van der Waals surface area (Å²) in [6, 6.07) is 7.45. The topological polar surface area (TPSA) is 50.3 Å². The minimum atomic E-state index is -0.486. The van der Waals surface area contributed by atoms with E-state index in [1.165, 1.54) is 6.33 Å². The number of ether oxygens (including phenoxy) is 1. The number of benzene rings is 2. The second kappa shape index (κ2) is 7.53. The van der Waals surface area contributed by atoms with Gasteiger partial charge in [0, 0.05) is 36.0 Å². The Morgan fingerprint density at radius 2 is 2.07 bits per heavy atom. The third-order valence-electron chi connectivity index (χ3n) is 5.10. The Labute approximate surface area is 168 Å². The highest BCUT2D eigenvalue weighted by Crippen LogP contribution is 2.38. The molecule has 3 aromatic rings. The van der Waals surface area contributed by atoms with Gasteiger partial charge in [0.2, 0.25) is 0 Å². The zero-order valence-electron chi connectivity index (χ0n) is 16.1. The van der Waals surface area contributed by atoms with E-state index < -0.39 is 5.82 Å². The van der Waals surface area contributed by atoms with E-state index in [0.717, 1.165) is 35.3 Å². The van der Waals surface area contributed by atoms with Gasteiger partial charge < -0.3 is 15.0 Å². The molecule has 1 N–H and O–H groups in total. The number of anilines is 2. The average molecular weight is 401 g/mol. The molecule has 2 heterocycles. The van der Waals surface area contributed by atoms with Crippen molar-refractivity contribution in [1.82, 2.24) is 14.9 Å². The molecule has 0 aliphatic carbocycles. The molecule has 1 aliphatic heterocycles. The molecule has 0 spiro atoms. The summed E-state index contributed by atoms with van der Waals surface area (Å²) >= 11 is 6.06. The molecule has 146 valence electrons. The van der Waals surface area contributed by atoms with Crippen LogP contribution in [0.25, 0.3) is 10.9 Å². The number of fused-ring (bicyclic) bond motifs is 1. The highest BCUT2D eigenvalue weighted by molar-refractivity contribution is 6.31. The minimum Gasteiger partial charge on any atom is -0.494 e. The Morgan fingerprint density at radius 3 is 2.79 bits per heavy atom. The van der Waals surface area contributed by atoms with E-state index in [2.05, 4.69) is 33.3 Å². The van der Waals surface area contributed by atoms with Gasteiger partial charge in [0.25, 0.3) is 0 Å². The van der Waals surface area contributed by atoms with Crippen LogP contribution in [0.15, 0.2) is 30.6 Å². The Hall–Kier alpha value is -2.44. The molecule has 0 unspecified atom stereocenters. The molecule has 0 atom stereocenters. The van der Waals surface area contributed by atoms with Crippen LogP contribution in [0.5, 0.6) is 5.75 Å². The first-order valence-electron chi connectivity index (χ1n) is 9.29. The highest BCUT2D eigenvalue weighted by Gasteiger charge is 2.28. The van der Waals surface area contributed by atoms with Crippen LogP contribution in [0, 0.1) is 12.7 Å². The van der Waals surface area contributed by atoms with Gasteiger partial charge in [-0.25, -0.2) is 14.4 Å². The molecule has 7 heteroatoms. The normalized spacial score (nSPS) is 14.9. The lowest BCUT2D eigenvalue weighted by Crippen LogP contribution is -2.41. The van der Waals surface area contributed by atoms with E-state index in [-0.39, 0.29) is 10.7 Å². The van der Waals surface area contributed by atoms with Crippen molar-refractivity contribution in [1.29, 1.82) is 0 Å². The van der Waals surface area contributed by atoms with Gasteiger partial charge in [0.1, 0.15) is 17.9 Å². The van der Waals surface area contributed by atoms with Crippen LogP contribution in [-0.2, 0) is 0 Å². The maximum atomic E-state index is 14.6. The summed E-state index contributed by atoms with van der Waals surface area (Å²) in [5.74, 6) is 1.30. The van der Waals surface area contributed by atoms with Gasteiger partial charge in [-0.05, 0) is 38.6 Å². The maximum Gasteiger partial charge on any atom is 0.165 e. The summed E-state index contributed by atoms with van der Waals surface area (Å²) in [6.45, 7) is 6.28. The monoisotopic (exact) mass is 400 g/mol. The Kier molecular flexibility index (Phi) is 5.08. The van der Waals surface area contributed by atoms with Crippen LogP contribution in [0.3, 0.4) is 0 Å². The second-order valence-corrected chi connectivity index (χ2v) is 7.54. The van der Waals surface area contributed by atoms with Gasteiger partial charge in [0.15, 0.2) is 5.82 Å². The number of aryl methyl sites for hydroxylation is 1. The van der Waals surface area contributed by atoms with Crippen molar-refractivity contribution in [3.63, 3.8) is 0 Å². The maximum absolute atomic E-state index is 14.6. The van der Waals surface area contributed by atoms with Crippen LogP contribution in [0.2, 0.25) is 5.02 Å². The largest absolute Gasteiger partial charge is 0.494 e. The number of nitrogens with zero attached hydrogens (tertiary/aromatic N) is 3. The average Bonchev–Trinajstić information content (AvgIpc) is 2.66. The van der Waals surface area contributed by atoms with Crippen LogP contribution >= 0.6 is 11.6 Å². The highest BCUT2D eigenvalue weighted by atomic mass is 35.5. The van der Waals surface area contributed by atoms with Crippen LogP contribution < -0.4 is 10.1 Å². The molecular weight excluding hydrogens is 379 g/mol. The van der Waals surface area contributed by atoms with E-state index in [1.54, 1.807) is 19.1 Å². The van der Waals surface area contributed by atoms with Gasteiger partial charge >= 0.3 is 0 Å². The van der Waals surface area contributed by atoms with E-state index in [4.69, 9.17) is 16.3 Å². The second-order valence-electron chi connectivity index (χ2n) is 7.16. The standard InChI is InChI=1S/C21H22ClFN4O/c1-4-28-18-8-17-15(7-14(18)13-9-27(3)10-13)21(25-11-24-17)26-16-6-5-12(2)19(22)20(16)23/h5-8,11,13H,4,9-10H2,1-3H3,(H,24,25,26). The molecule has 1 saturated heterocycles. The summed E-state index contributed by atoms with van der Waals surface area (Å²) in [5, 5.41) is 4.02. The molecule has 0 radical (unpaired) electrons. The molecular formula is C21H22ClFN4O. The van der Waals surface area contributed by atoms with Crippen molar-refractivity contribution in [3.8, 4) is 5.75 Å². The Balaban J connectivity index is 1.79. The van der Waals surface area contributed by atoms with E-state index in [0.29, 0.717) is 23.9 Å². The summed E-state index contributed by atoms with van der Waals surface area (Å²) in [5.41, 5.74) is 2.85. The summed E-state index contributed by atoms with van der Waals surface area (Å²) in [4.78, 5) is 11.0. The number of hydrogen-bond donors (Lipinski definition) is 1. The zero-order valence-corrected chi connectivity index (χ0v) is 16.8. The van der Waals surface area contributed by atoms with Crippen LogP contribution in [0.4, 0.5) is 15.9 Å². The number of nitrogens with one attached hydrogen (secondary N) is 1. The molecule has 1 aliphatic rings. The van der Waals surface area contributed by atoms with E-state index in [9.17, 15) is 4.39 Å². The quantitative estimate of drug-likeness (QED) is 0.660. The number of likely N-dealkylation sites (N-methyl/N-ethyl adjacent to an activating group) is 1. The van der Waals surface area contributed by atoms with E-state index in [1.807, 2.05) is 13.0 Å². The first kappa shape index (κ1) is 18.9. The van der Waals surface area contributed by atoms with Crippen molar-refractivity contribution in [2.45, 2.75) is 19.8 Å². The molecule has 28 heavy (non-hydrogen) atoms. The first-order chi connectivity index (χ1) is 13.5. The zero-order chi connectivity index (χ0) is 19.8. The molecule has 4 rings (SSSR count). The fourth-order valence-electron chi connectivity index (χ4n) is 3.57. The molecule has 5 nitrogen and oxygen atoms in total. The molecule has 0 bridgehead atoms. The predicted molar refractivity (Wildman–Crippen MR) is 110 cm³/mol. The van der Waals surface area contributed by atoms with Crippen LogP contribution in [-0.4, -0.2) is 41.6 Å². The number of aromatic nitrogens is 2. The smallest absolute Gasteiger partial charge is 0.165 e.